The number of hydrogen-bond acceptors (Lipinski definition) is 3. The van der Waals surface area contributed by atoms with E-state index in [9.17, 15) is 4.79 Å². The molecule has 0 aliphatic heterocycles. The Labute approximate surface area is 116 Å². The minimum absolute atomic E-state index is 0.0164. The van der Waals surface area contributed by atoms with Crippen LogP contribution < -0.4 is 10.6 Å². The van der Waals surface area contributed by atoms with Crippen LogP contribution in [-0.4, -0.2) is 32.7 Å². The predicted octanol–water partition coefficient (Wildman–Crippen LogP) is 1.86. The van der Waals surface area contributed by atoms with E-state index in [0.29, 0.717) is 19.7 Å². The third kappa shape index (κ3) is 5.16. The van der Waals surface area contributed by atoms with Gasteiger partial charge < -0.3 is 15.4 Å². The second-order valence-electron chi connectivity index (χ2n) is 3.98. The number of nitrogens with one attached hydrogen (secondary N) is 2. The number of hydrogen-bond donors (Lipinski definition) is 2. The van der Waals surface area contributed by atoms with Crippen molar-refractivity contribution in [2.75, 3.05) is 26.8 Å². The van der Waals surface area contributed by atoms with E-state index in [1.54, 1.807) is 7.11 Å². The summed E-state index contributed by atoms with van der Waals surface area (Å²) in [6.07, 6.45) is 0. The maximum atomic E-state index is 11.7. The van der Waals surface area contributed by atoms with Gasteiger partial charge in [0.1, 0.15) is 0 Å². The third-order valence-corrected chi connectivity index (χ3v) is 3.24. The number of benzene rings is 1. The summed E-state index contributed by atoms with van der Waals surface area (Å²) in [5.41, 5.74) is 1.07. The second kappa shape index (κ2) is 8.24. The molecule has 0 aliphatic rings. The summed E-state index contributed by atoms with van der Waals surface area (Å²) in [7, 11) is 1.64. The molecule has 0 aromatic heterocycles. The molecule has 0 aliphatic carbocycles. The molecule has 1 rings (SSSR count). The van der Waals surface area contributed by atoms with E-state index in [4.69, 9.17) is 4.74 Å². The molecule has 5 heteroatoms. The van der Waals surface area contributed by atoms with Crippen LogP contribution in [0.4, 0.5) is 0 Å². The monoisotopic (exact) mass is 314 g/mol. The Morgan fingerprint density at radius 2 is 2.17 bits per heavy atom. The SMILES string of the molecule is COCCNCC(=O)NC(C)c1ccccc1Br. The average Bonchev–Trinajstić information content (AvgIpc) is 2.35. The summed E-state index contributed by atoms with van der Waals surface area (Å²) in [5, 5.41) is 5.95. The minimum atomic E-state index is -0.0191. The van der Waals surface area contributed by atoms with Gasteiger partial charge in [-0.3, -0.25) is 4.79 Å². The summed E-state index contributed by atoms with van der Waals surface area (Å²) in [4.78, 5) is 11.7. The van der Waals surface area contributed by atoms with E-state index < -0.39 is 0 Å². The van der Waals surface area contributed by atoms with Crippen LogP contribution in [0.5, 0.6) is 0 Å². The Kier molecular flexibility index (Phi) is 6.93. The first kappa shape index (κ1) is 15.1. The van der Waals surface area contributed by atoms with Crippen molar-refractivity contribution in [2.45, 2.75) is 13.0 Å². The Morgan fingerprint density at radius 1 is 1.44 bits per heavy atom. The fourth-order valence-corrected chi connectivity index (χ4v) is 2.20. The van der Waals surface area contributed by atoms with Crippen molar-refractivity contribution in [3.63, 3.8) is 0 Å². The lowest BCUT2D eigenvalue weighted by Crippen LogP contribution is -2.36. The van der Waals surface area contributed by atoms with E-state index in [1.807, 2.05) is 31.2 Å². The smallest absolute Gasteiger partial charge is 0.234 e. The van der Waals surface area contributed by atoms with Gasteiger partial charge in [-0.2, -0.15) is 0 Å². The van der Waals surface area contributed by atoms with Crippen LogP contribution in [0.3, 0.4) is 0 Å². The second-order valence-corrected chi connectivity index (χ2v) is 4.83. The van der Waals surface area contributed by atoms with E-state index in [1.165, 1.54) is 0 Å². The van der Waals surface area contributed by atoms with Gasteiger partial charge >= 0.3 is 0 Å². The zero-order valence-electron chi connectivity index (χ0n) is 10.7. The van der Waals surface area contributed by atoms with Gasteiger partial charge in [0.15, 0.2) is 0 Å². The minimum Gasteiger partial charge on any atom is -0.383 e. The number of amides is 1. The molecule has 0 spiro atoms. The standard InChI is InChI=1S/C13H19BrN2O2/c1-10(11-5-3-4-6-12(11)14)16-13(17)9-15-7-8-18-2/h3-6,10,15H,7-9H2,1-2H3,(H,16,17). The van der Waals surface area contributed by atoms with E-state index in [0.717, 1.165) is 10.0 Å². The largest absolute Gasteiger partial charge is 0.383 e. The molecule has 0 saturated heterocycles. The van der Waals surface area contributed by atoms with E-state index >= 15 is 0 Å². The number of rotatable bonds is 7. The highest BCUT2D eigenvalue weighted by atomic mass is 79.9. The van der Waals surface area contributed by atoms with Crippen molar-refractivity contribution < 1.29 is 9.53 Å². The summed E-state index contributed by atoms with van der Waals surface area (Å²) < 4.78 is 5.89. The predicted molar refractivity (Wildman–Crippen MR) is 75.4 cm³/mol. The normalized spacial score (nSPS) is 12.2. The zero-order valence-corrected chi connectivity index (χ0v) is 12.3. The summed E-state index contributed by atoms with van der Waals surface area (Å²) in [6.45, 7) is 3.55. The molecule has 0 radical (unpaired) electrons. The molecule has 2 N–H and O–H groups in total. The maximum Gasteiger partial charge on any atom is 0.234 e. The van der Waals surface area contributed by atoms with Crippen LogP contribution in [-0.2, 0) is 9.53 Å². The first-order valence-corrected chi connectivity index (χ1v) is 6.68. The summed E-state index contributed by atoms with van der Waals surface area (Å²) in [6, 6.07) is 7.85. The number of carbonyl (C=O) groups excluding carboxylic acids is 1. The molecular weight excluding hydrogens is 296 g/mol. The molecule has 1 atom stereocenters. The Balaban J connectivity index is 2.38. The lowest BCUT2D eigenvalue weighted by atomic mass is 10.1. The quantitative estimate of drug-likeness (QED) is 0.755. The van der Waals surface area contributed by atoms with Gasteiger partial charge in [0, 0.05) is 18.1 Å². The van der Waals surface area contributed by atoms with Gasteiger partial charge in [0.05, 0.1) is 19.2 Å². The molecule has 1 amide bonds. The van der Waals surface area contributed by atoms with Crippen LogP contribution in [0.2, 0.25) is 0 Å². The number of ether oxygens (including phenoxy) is 1. The van der Waals surface area contributed by atoms with Crippen molar-refractivity contribution >= 4 is 21.8 Å². The van der Waals surface area contributed by atoms with Crippen molar-refractivity contribution in [1.29, 1.82) is 0 Å². The highest BCUT2D eigenvalue weighted by Gasteiger charge is 2.11. The molecule has 0 fully saturated rings. The number of methoxy groups -OCH3 is 1. The van der Waals surface area contributed by atoms with Gasteiger partial charge in [-0.1, -0.05) is 34.1 Å². The number of carbonyl (C=O) groups is 1. The van der Waals surface area contributed by atoms with Gasteiger partial charge in [-0.15, -0.1) is 0 Å². The molecule has 1 aromatic carbocycles. The number of halogens is 1. The van der Waals surface area contributed by atoms with Crippen LogP contribution in [0, 0.1) is 0 Å². The molecule has 0 heterocycles. The van der Waals surface area contributed by atoms with Crippen molar-refractivity contribution in [3.05, 3.63) is 34.3 Å². The Bertz CT molecular complexity index is 385. The highest BCUT2D eigenvalue weighted by Crippen LogP contribution is 2.22. The first-order chi connectivity index (χ1) is 8.65. The van der Waals surface area contributed by atoms with Gasteiger partial charge in [0.2, 0.25) is 5.91 Å². The molecule has 18 heavy (non-hydrogen) atoms. The van der Waals surface area contributed by atoms with Crippen molar-refractivity contribution in [3.8, 4) is 0 Å². The topological polar surface area (TPSA) is 50.4 Å². The molecule has 4 nitrogen and oxygen atoms in total. The maximum absolute atomic E-state index is 11.7. The molecule has 1 aromatic rings. The highest BCUT2D eigenvalue weighted by molar-refractivity contribution is 9.10. The Hall–Kier alpha value is -0.910. The van der Waals surface area contributed by atoms with Crippen LogP contribution in [0.1, 0.15) is 18.5 Å². The average molecular weight is 315 g/mol. The zero-order chi connectivity index (χ0) is 13.4. The van der Waals surface area contributed by atoms with E-state index in [-0.39, 0.29) is 11.9 Å². The molecule has 1 unspecified atom stereocenters. The van der Waals surface area contributed by atoms with Gasteiger partial charge in [-0.25, -0.2) is 0 Å². The lowest BCUT2D eigenvalue weighted by molar-refractivity contribution is -0.120. The summed E-state index contributed by atoms with van der Waals surface area (Å²) >= 11 is 3.48. The molecule has 0 saturated carbocycles. The van der Waals surface area contributed by atoms with Crippen LogP contribution in [0.15, 0.2) is 28.7 Å². The van der Waals surface area contributed by atoms with Crippen LogP contribution in [0.25, 0.3) is 0 Å². The van der Waals surface area contributed by atoms with Gasteiger partial charge in [0.25, 0.3) is 0 Å². The fourth-order valence-electron chi connectivity index (χ4n) is 1.57. The van der Waals surface area contributed by atoms with E-state index in [2.05, 4.69) is 26.6 Å². The third-order valence-electron chi connectivity index (χ3n) is 2.52. The van der Waals surface area contributed by atoms with Gasteiger partial charge in [-0.05, 0) is 18.6 Å². The fraction of sp³-hybridized carbons (Fsp3) is 0.462. The molecule has 0 bridgehead atoms. The first-order valence-electron chi connectivity index (χ1n) is 5.88. The summed E-state index contributed by atoms with van der Waals surface area (Å²) in [5.74, 6) is -0.0191. The molecular formula is C13H19BrN2O2. The van der Waals surface area contributed by atoms with Crippen LogP contribution >= 0.6 is 15.9 Å². The van der Waals surface area contributed by atoms with Crippen molar-refractivity contribution in [1.82, 2.24) is 10.6 Å². The van der Waals surface area contributed by atoms with Crippen molar-refractivity contribution in [2.24, 2.45) is 0 Å². The Morgan fingerprint density at radius 3 is 2.83 bits per heavy atom. The lowest BCUT2D eigenvalue weighted by Gasteiger charge is -2.16. The molecule has 100 valence electrons.